The lowest BCUT2D eigenvalue weighted by atomic mass is 9.57. The van der Waals surface area contributed by atoms with Crippen molar-refractivity contribution in [1.29, 1.82) is 0 Å². The molecular weight excluding hydrogens is 530 g/mol. The zero-order valence-electron chi connectivity index (χ0n) is 21.6. The van der Waals surface area contributed by atoms with Crippen LogP contribution >= 0.6 is 23.2 Å². The van der Waals surface area contributed by atoms with Crippen molar-refractivity contribution in [2.45, 2.75) is 39.1 Å². The third-order valence-electron chi connectivity index (χ3n) is 7.37. The number of hydrogen-bond acceptors (Lipinski definition) is 6. The molecule has 2 aromatic rings. The number of benzene rings is 2. The number of ketones is 1. The minimum atomic E-state index is -2.52. The Morgan fingerprint density at radius 2 is 1.66 bits per heavy atom. The lowest BCUT2D eigenvalue weighted by Crippen LogP contribution is -2.71. The van der Waals surface area contributed by atoms with Crippen LogP contribution in [0, 0.1) is 11.8 Å². The first kappa shape index (κ1) is 28.1. The van der Waals surface area contributed by atoms with Crippen molar-refractivity contribution in [2.75, 3.05) is 20.1 Å². The number of nitrogens with zero attached hydrogens (tertiary/aromatic N) is 1. The van der Waals surface area contributed by atoms with E-state index < -0.39 is 36.4 Å². The Kier molecular flexibility index (Phi) is 8.21. The molecule has 2 heterocycles. The van der Waals surface area contributed by atoms with Crippen molar-refractivity contribution in [3.8, 4) is 0 Å². The fourth-order valence-electron chi connectivity index (χ4n) is 5.57. The van der Waals surface area contributed by atoms with Gasteiger partial charge in [0.25, 0.3) is 0 Å². The molecule has 38 heavy (non-hydrogen) atoms. The number of nitrogens with one attached hydrogen (secondary N) is 1. The molecule has 0 radical (unpaired) electrons. The molecule has 2 fully saturated rings. The quantitative estimate of drug-likeness (QED) is 0.348. The van der Waals surface area contributed by atoms with Gasteiger partial charge in [-0.3, -0.25) is 19.2 Å². The Bertz CT molecular complexity index is 1240. The zero-order chi connectivity index (χ0) is 27.7. The van der Waals surface area contributed by atoms with Gasteiger partial charge in [-0.15, -0.1) is 0 Å². The summed E-state index contributed by atoms with van der Waals surface area (Å²) in [4.78, 5) is 52.0. The maximum Gasteiger partial charge on any atom is 0.605 e. The Hall–Kier alpha value is -2.88. The van der Waals surface area contributed by atoms with Crippen LogP contribution in [0.5, 0.6) is 0 Å². The van der Waals surface area contributed by atoms with Gasteiger partial charge in [-0.1, -0.05) is 67.4 Å². The van der Waals surface area contributed by atoms with Crippen LogP contribution in [-0.2, 0) is 30.1 Å². The Balaban J connectivity index is 1.64. The number of Topliss-reactive ketones (excluding diaryl/α,β-unsaturated/α-hetero) is 1. The third kappa shape index (κ3) is 5.75. The maximum atomic E-state index is 13.9. The third-order valence-corrected chi connectivity index (χ3v) is 7.93. The molecule has 2 aliphatic rings. The standard InChI is InChI=1S/C27H31BCl2N2O6/c1-17(2)11-24(28-32(3,15-25(34)37-28)16-26(35)38-28)31-27(36)19(12-18-7-5-4-6-8-18)13-23(33)21-14-20(29)9-10-22(21)30/h4-10,14,17,19,24H,11-13,15-16H2,1-3H3,(H,31,36)/t19-,24-,28?,32?/m0/s1. The molecule has 4 rings (SSSR count). The van der Waals surface area contributed by atoms with Gasteiger partial charge in [-0.05, 0) is 42.5 Å². The van der Waals surface area contributed by atoms with E-state index in [1.807, 2.05) is 44.2 Å². The van der Waals surface area contributed by atoms with E-state index in [0.717, 1.165) is 5.56 Å². The number of quaternary nitrogens is 1. The van der Waals surface area contributed by atoms with Crippen molar-refractivity contribution < 1.29 is 32.9 Å². The van der Waals surface area contributed by atoms with E-state index in [9.17, 15) is 19.2 Å². The number of likely N-dealkylation sites (N-methyl/N-ethyl adjacent to an activating group) is 1. The fraction of sp³-hybridized carbons (Fsp3) is 0.407. The molecule has 0 spiro atoms. The first-order valence-electron chi connectivity index (χ1n) is 12.7. The molecule has 11 heteroatoms. The predicted molar refractivity (Wildman–Crippen MR) is 144 cm³/mol. The Morgan fingerprint density at radius 1 is 1.03 bits per heavy atom. The molecule has 202 valence electrons. The summed E-state index contributed by atoms with van der Waals surface area (Å²) in [6.07, 6.45) is 0.573. The molecular formula is C27H31BCl2N2O6. The smallest absolute Gasteiger partial charge is 0.599 e. The average molecular weight is 561 g/mol. The number of rotatable bonds is 10. The lowest BCUT2D eigenvalue weighted by Gasteiger charge is -2.45. The summed E-state index contributed by atoms with van der Waals surface area (Å²) in [5.41, 5.74) is 1.12. The van der Waals surface area contributed by atoms with Gasteiger partial charge in [0.15, 0.2) is 5.78 Å². The molecule has 2 aliphatic heterocycles. The van der Waals surface area contributed by atoms with E-state index >= 15 is 0 Å². The summed E-state index contributed by atoms with van der Waals surface area (Å²) in [5.74, 6) is -3.12. The van der Waals surface area contributed by atoms with Crippen LogP contribution in [-0.4, -0.2) is 60.8 Å². The van der Waals surface area contributed by atoms with Crippen LogP contribution in [0.15, 0.2) is 48.5 Å². The Morgan fingerprint density at radius 3 is 2.26 bits per heavy atom. The van der Waals surface area contributed by atoms with Gasteiger partial charge in [-0.2, -0.15) is 0 Å². The average Bonchev–Trinajstić information content (AvgIpc) is 3.23. The van der Waals surface area contributed by atoms with Gasteiger partial charge < -0.3 is 19.0 Å². The molecule has 0 saturated carbocycles. The van der Waals surface area contributed by atoms with E-state index in [4.69, 9.17) is 32.5 Å². The van der Waals surface area contributed by atoms with Gasteiger partial charge >= 0.3 is 18.6 Å². The van der Waals surface area contributed by atoms with Crippen LogP contribution in [0.1, 0.15) is 42.6 Å². The summed E-state index contributed by atoms with van der Waals surface area (Å²) >= 11 is 12.4. The largest absolute Gasteiger partial charge is 0.605 e. The zero-order valence-corrected chi connectivity index (χ0v) is 23.1. The second-order valence-electron chi connectivity index (χ2n) is 10.9. The molecule has 2 saturated heterocycles. The second-order valence-corrected chi connectivity index (χ2v) is 11.7. The first-order chi connectivity index (χ1) is 17.9. The summed E-state index contributed by atoms with van der Waals surface area (Å²) in [7, 11) is 1.74. The van der Waals surface area contributed by atoms with Crippen molar-refractivity contribution in [2.24, 2.45) is 11.8 Å². The molecule has 0 unspecified atom stereocenters. The van der Waals surface area contributed by atoms with Gasteiger partial charge in [0.2, 0.25) is 5.91 Å². The number of carbonyl (C=O) groups excluding carboxylic acids is 4. The van der Waals surface area contributed by atoms with Gasteiger partial charge in [0.1, 0.15) is 13.1 Å². The number of halogens is 2. The second kappa shape index (κ2) is 11.1. The molecule has 0 aliphatic carbocycles. The van der Waals surface area contributed by atoms with E-state index in [-0.39, 0.29) is 52.6 Å². The first-order valence-corrected chi connectivity index (χ1v) is 13.4. The molecule has 0 bridgehead atoms. The van der Waals surface area contributed by atoms with Gasteiger partial charge in [0.05, 0.1) is 11.0 Å². The van der Waals surface area contributed by atoms with Crippen LogP contribution in [0.25, 0.3) is 0 Å². The van der Waals surface area contributed by atoms with E-state index in [1.54, 1.807) is 19.2 Å². The monoisotopic (exact) mass is 560 g/mol. The number of fused-ring (bicyclic) bond motifs is 1. The van der Waals surface area contributed by atoms with Crippen LogP contribution in [0.3, 0.4) is 0 Å². The van der Waals surface area contributed by atoms with Gasteiger partial charge in [-0.25, -0.2) is 0 Å². The lowest BCUT2D eigenvalue weighted by molar-refractivity contribution is -0.794. The highest BCUT2D eigenvalue weighted by molar-refractivity contribution is 6.67. The molecule has 1 amide bonds. The molecule has 8 nitrogen and oxygen atoms in total. The molecule has 2 aromatic carbocycles. The summed E-state index contributed by atoms with van der Waals surface area (Å²) in [6.45, 7) is 1.38. The van der Waals surface area contributed by atoms with Crippen molar-refractivity contribution in [1.82, 2.24) is 5.32 Å². The number of carbonyl (C=O) groups is 4. The SMILES string of the molecule is CC(C)C[C@H](NC(=O)[C@H](CC(=O)c1cc(Cl)ccc1Cl)Cc1ccccc1)[B-]12OC(=O)C[N+]1(C)CC(=O)O2. The van der Waals surface area contributed by atoms with Crippen molar-refractivity contribution in [3.05, 3.63) is 69.7 Å². The van der Waals surface area contributed by atoms with Gasteiger partial charge in [0, 0.05) is 30.0 Å². The van der Waals surface area contributed by atoms with E-state index in [0.29, 0.717) is 11.4 Å². The number of hydrogen-bond donors (Lipinski definition) is 1. The molecule has 0 aromatic heterocycles. The minimum Gasteiger partial charge on any atom is -0.599 e. The van der Waals surface area contributed by atoms with Crippen LogP contribution < -0.4 is 5.32 Å². The van der Waals surface area contributed by atoms with Crippen LogP contribution in [0.2, 0.25) is 10.0 Å². The van der Waals surface area contributed by atoms with E-state index in [1.165, 1.54) is 6.07 Å². The summed E-state index contributed by atoms with van der Waals surface area (Å²) in [6, 6.07) is 14.0. The number of amides is 1. The topological polar surface area (TPSA) is 98.8 Å². The normalized spacial score (nSPS) is 23.9. The minimum absolute atomic E-state index is 0.0185. The predicted octanol–water partition coefficient (Wildman–Crippen LogP) is 3.99. The Labute approximate surface area is 232 Å². The molecule has 2 atom stereocenters. The van der Waals surface area contributed by atoms with Crippen molar-refractivity contribution in [3.63, 3.8) is 0 Å². The highest BCUT2D eigenvalue weighted by Crippen LogP contribution is 2.38. The molecule has 1 N–H and O–H groups in total. The summed E-state index contributed by atoms with van der Waals surface area (Å²) in [5, 5.41) is 3.65. The highest BCUT2D eigenvalue weighted by Gasteiger charge is 2.69. The van der Waals surface area contributed by atoms with Crippen LogP contribution in [0.4, 0.5) is 0 Å². The maximum absolute atomic E-state index is 13.9. The highest BCUT2D eigenvalue weighted by atomic mass is 35.5. The summed E-state index contributed by atoms with van der Waals surface area (Å²) < 4.78 is 11.4. The fourth-order valence-corrected chi connectivity index (χ4v) is 5.97. The van der Waals surface area contributed by atoms with Crippen molar-refractivity contribution >= 4 is 53.5 Å². The van der Waals surface area contributed by atoms with E-state index in [2.05, 4.69) is 5.32 Å².